The summed E-state index contributed by atoms with van der Waals surface area (Å²) in [5.41, 5.74) is 3.70. The van der Waals surface area contributed by atoms with E-state index in [0.29, 0.717) is 6.04 Å². The molecule has 0 saturated carbocycles. The molecular formula is C24H35N5O. The lowest BCUT2D eigenvalue weighted by Crippen LogP contribution is -2.42. The highest BCUT2D eigenvalue weighted by Crippen LogP contribution is 2.27. The number of aliphatic imine (C=N–C) groups is 1. The van der Waals surface area contributed by atoms with E-state index in [1.165, 1.54) is 29.7 Å². The molecule has 1 aliphatic heterocycles. The molecule has 6 nitrogen and oxygen atoms in total. The number of nitrogens with one attached hydrogen (secondary N) is 2. The maximum absolute atomic E-state index is 5.45. The van der Waals surface area contributed by atoms with E-state index >= 15 is 0 Å². The SMILES string of the molecule is CN=C(NCc1cccc(N(C)C)c1)NCC(c1cccc(OC)c1)N1CCCC1. The molecule has 0 spiro atoms. The Morgan fingerprint density at radius 2 is 1.87 bits per heavy atom. The molecule has 2 aromatic carbocycles. The fourth-order valence-corrected chi connectivity index (χ4v) is 3.90. The maximum Gasteiger partial charge on any atom is 0.191 e. The van der Waals surface area contributed by atoms with E-state index in [0.717, 1.165) is 37.9 Å². The van der Waals surface area contributed by atoms with Gasteiger partial charge in [-0.05, 0) is 61.3 Å². The van der Waals surface area contributed by atoms with Crippen LogP contribution in [0.1, 0.15) is 30.0 Å². The summed E-state index contributed by atoms with van der Waals surface area (Å²) in [7, 11) is 7.66. The van der Waals surface area contributed by atoms with Crippen LogP contribution < -0.4 is 20.3 Å². The highest BCUT2D eigenvalue weighted by molar-refractivity contribution is 5.79. The number of likely N-dealkylation sites (tertiary alicyclic amines) is 1. The molecular weight excluding hydrogens is 374 g/mol. The molecule has 2 aromatic rings. The summed E-state index contributed by atoms with van der Waals surface area (Å²) >= 11 is 0. The van der Waals surface area contributed by atoms with Crippen LogP contribution in [0.2, 0.25) is 0 Å². The Kier molecular flexibility index (Phi) is 7.97. The normalized spacial score (nSPS) is 15.7. The van der Waals surface area contributed by atoms with Crippen LogP contribution in [0.4, 0.5) is 5.69 Å². The summed E-state index contributed by atoms with van der Waals surface area (Å²) in [6.45, 7) is 3.79. The first-order chi connectivity index (χ1) is 14.6. The summed E-state index contributed by atoms with van der Waals surface area (Å²) in [6, 6.07) is 17.2. The summed E-state index contributed by atoms with van der Waals surface area (Å²) in [5.74, 6) is 1.72. The fourth-order valence-electron chi connectivity index (χ4n) is 3.90. The molecule has 1 atom stereocenters. The van der Waals surface area contributed by atoms with Crippen molar-refractivity contribution in [2.75, 3.05) is 52.8 Å². The summed E-state index contributed by atoms with van der Waals surface area (Å²) in [6.07, 6.45) is 2.52. The van der Waals surface area contributed by atoms with Gasteiger partial charge in [0.2, 0.25) is 0 Å². The van der Waals surface area contributed by atoms with Gasteiger partial charge < -0.3 is 20.3 Å². The zero-order valence-electron chi connectivity index (χ0n) is 18.7. The highest BCUT2D eigenvalue weighted by Gasteiger charge is 2.24. The zero-order valence-corrected chi connectivity index (χ0v) is 18.7. The number of hydrogen-bond donors (Lipinski definition) is 2. The third-order valence-electron chi connectivity index (χ3n) is 5.63. The van der Waals surface area contributed by atoms with Crippen molar-refractivity contribution in [1.82, 2.24) is 15.5 Å². The van der Waals surface area contributed by atoms with Gasteiger partial charge in [0.1, 0.15) is 5.75 Å². The van der Waals surface area contributed by atoms with Crippen LogP contribution in [0, 0.1) is 0 Å². The molecule has 30 heavy (non-hydrogen) atoms. The van der Waals surface area contributed by atoms with E-state index in [1.807, 2.05) is 13.1 Å². The largest absolute Gasteiger partial charge is 0.497 e. The lowest BCUT2D eigenvalue weighted by Gasteiger charge is -2.29. The Bertz CT molecular complexity index is 830. The van der Waals surface area contributed by atoms with Gasteiger partial charge in [0.15, 0.2) is 5.96 Å². The number of ether oxygens (including phenoxy) is 1. The first-order valence-corrected chi connectivity index (χ1v) is 10.7. The predicted octanol–water partition coefficient (Wildman–Crippen LogP) is 3.26. The molecule has 1 unspecified atom stereocenters. The van der Waals surface area contributed by atoms with Crippen molar-refractivity contribution in [2.24, 2.45) is 4.99 Å². The molecule has 1 saturated heterocycles. The van der Waals surface area contributed by atoms with E-state index in [9.17, 15) is 0 Å². The van der Waals surface area contributed by atoms with Gasteiger partial charge in [-0.1, -0.05) is 24.3 Å². The molecule has 3 rings (SSSR count). The molecule has 1 fully saturated rings. The van der Waals surface area contributed by atoms with Crippen LogP contribution in [-0.4, -0.2) is 58.7 Å². The van der Waals surface area contributed by atoms with Crippen molar-refractivity contribution in [3.63, 3.8) is 0 Å². The number of guanidine groups is 1. The minimum atomic E-state index is 0.290. The lowest BCUT2D eigenvalue weighted by atomic mass is 10.1. The molecule has 1 aliphatic rings. The number of anilines is 1. The Morgan fingerprint density at radius 1 is 1.10 bits per heavy atom. The smallest absolute Gasteiger partial charge is 0.191 e. The quantitative estimate of drug-likeness (QED) is 0.518. The van der Waals surface area contributed by atoms with Crippen molar-refractivity contribution in [2.45, 2.75) is 25.4 Å². The summed E-state index contributed by atoms with van der Waals surface area (Å²) in [5, 5.41) is 6.98. The van der Waals surface area contributed by atoms with Gasteiger partial charge >= 0.3 is 0 Å². The van der Waals surface area contributed by atoms with Gasteiger partial charge in [0, 0.05) is 39.9 Å². The first kappa shape index (κ1) is 22.0. The molecule has 0 radical (unpaired) electrons. The van der Waals surface area contributed by atoms with Gasteiger partial charge in [-0.15, -0.1) is 0 Å². The second kappa shape index (κ2) is 10.9. The van der Waals surface area contributed by atoms with E-state index in [-0.39, 0.29) is 0 Å². The molecule has 0 bridgehead atoms. The van der Waals surface area contributed by atoms with Gasteiger partial charge in [-0.3, -0.25) is 9.89 Å². The number of nitrogens with zero attached hydrogens (tertiary/aromatic N) is 3. The van der Waals surface area contributed by atoms with Crippen molar-refractivity contribution in [3.05, 3.63) is 59.7 Å². The minimum Gasteiger partial charge on any atom is -0.497 e. The zero-order chi connectivity index (χ0) is 21.3. The van der Waals surface area contributed by atoms with Gasteiger partial charge in [-0.25, -0.2) is 0 Å². The van der Waals surface area contributed by atoms with Crippen molar-refractivity contribution in [3.8, 4) is 5.75 Å². The van der Waals surface area contributed by atoms with Crippen molar-refractivity contribution < 1.29 is 4.74 Å². The standard InChI is InChI=1S/C24H35N5O/c1-25-24(26-17-19-9-7-11-21(15-19)28(2)3)27-18-23(29-13-5-6-14-29)20-10-8-12-22(16-20)30-4/h7-12,15-16,23H,5-6,13-14,17-18H2,1-4H3,(H2,25,26,27). The Labute approximate surface area is 180 Å². The number of hydrogen-bond acceptors (Lipinski definition) is 4. The average Bonchev–Trinajstić information content (AvgIpc) is 3.31. The third-order valence-corrected chi connectivity index (χ3v) is 5.63. The van der Waals surface area contributed by atoms with Crippen LogP contribution >= 0.6 is 0 Å². The van der Waals surface area contributed by atoms with Crippen LogP contribution in [-0.2, 0) is 6.54 Å². The lowest BCUT2D eigenvalue weighted by molar-refractivity contribution is 0.245. The summed E-state index contributed by atoms with van der Waals surface area (Å²) in [4.78, 5) is 9.10. The molecule has 1 heterocycles. The second-order valence-corrected chi connectivity index (χ2v) is 7.91. The first-order valence-electron chi connectivity index (χ1n) is 10.7. The Balaban J connectivity index is 1.63. The maximum atomic E-state index is 5.45. The molecule has 0 amide bonds. The molecule has 2 N–H and O–H groups in total. The number of rotatable bonds is 8. The molecule has 162 valence electrons. The van der Waals surface area contributed by atoms with E-state index in [1.54, 1.807) is 7.11 Å². The Morgan fingerprint density at radius 3 is 2.57 bits per heavy atom. The predicted molar refractivity (Wildman–Crippen MR) is 126 cm³/mol. The van der Waals surface area contributed by atoms with Crippen LogP contribution in [0.25, 0.3) is 0 Å². The average molecular weight is 410 g/mol. The topological polar surface area (TPSA) is 52.1 Å². The van der Waals surface area contributed by atoms with Gasteiger partial charge in [0.05, 0.1) is 13.2 Å². The highest BCUT2D eigenvalue weighted by atomic mass is 16.5. The fraction of sp³-hybridized carbons (Fsp3) is 0.458. The van der Waals surface area contributed by atoms with Crippen LogP contribution in [0.3, 0.4) is 0 Å². The second-order valence-electron chi connectivity index (χ2n) is 7.91. The minimum absolute atomic E-state index is 0.290. The molecule has 6 heteroatoms. The van der Waals surface area contributed by atoms with Crippen LogP contribution in [0.5, 0.6) is 5.75 Å². The van der Waals surface area contributed by atoms with E-state index in [2.05, 4.69) is 82.0 Å². The number of methoxy groups -OCH3 is 1. The van der Waals surface area contributed by atoms with Gasteiger partial charge in [-0.2, -0.15) is 0 Å². The van der Waals surface area contributed by atoms with Crippen LogP contribution in [0.15, 0.2) is 53.5 Å². The van der Waals surface area contributed by atoms with Crippen molar-refractivity contribution in [1.29, 1.82) is 0 Å². The third kappa shape index (κ3) is 5.89. The Hall–Kier alpha value is -2.73. The monoisotopic (exact) mass is 409 g/mol. The van der Waals surface area contributed by atoms with Gasteiger partial charge in [0.25, 0.3) is 0 Å². The van der Waals surface area contributed by atoms with Crippen molar-refractivity contribution >= 4 is 11.6 Å². The van der Waals surface area contributed by atoms with E-state index in [4.69, 9.17) is 4.74 Å². The summed E-state index contributed by atoms with van der Waals surface area (Å²) < 4.78 is 5.45. The molecule has 0 aliphatic carbocycles. The van der Waals surface area contributed by atoms with E-state index < -0.39 is 0 Å². The molecule has 0 aromatic heterocycles. The number of benzene rings is 2.